The van der Waals surface area contributed by atoms with E-state index in [1.807, 2.05) is 18.2 Å². The zero-order chi connectivity index (χ0) is 11.3. The van der Waals surface area contributed by atoms with Crippen molar-refractivity contribution in [3.05, 3.63) is 59.9 Å². The van der Waals surface area contributed by atoms with Crippen LogP contribution < -0.4 is 0 Å². The van der Waals surface area contributed by atoms with E-state index in [9.17, 15) is 5.11 Å². The molecule has 1 heteroatoms. The monoisotopic (exact) mass is 202 g/mol. The van der Waals surface area contributed by atoms with Crippen LogP contribution in [0.15, 0.2) is 59.9 Å². The maximum Gasteiger partial charge on any atom is 0.0926 e. The molecule has 0 bridgehead atoms. The van der Waals surface area contributed by atoms with Gasteiger partial charge in [-0.25, -0.2) is 0 Å². The first-order valence-electron chi connectivity index (χ1n) is 5.27. The third kappa shape index (κ3) is 3.62. The molecular formula is C14H18O. The zero-order valence-electron chi connectivity index (χ0n) is 9.29. The molecule has 1 N–H and O–H groups in total. The first kappa shape index (κ1) is 11.6. The lowest BCUT2D eigenvalue weighted by atomic mass is 9.97. The molecule has 1 rings (SSSR count). The van der Waals surface area contributed by atoms with Crippen molar-refractivity contribution >= 4 is 0 Å². The van der Waals surface area contributed by atoms with Gasteiger partial charge in [-0.2, -0.15) is 0 Å². The smallest absolute Gasteiger partial charge is 0.0926 e. The second-order valence-electron chi connectivity index (χ2n) is 3.72. The van der Waals surface area contributed by atoms with Crippen LogP contribution in [0.4, 0.5) is 0 Å². The Morgan fingerprint density at radius 3 is 2.60 bits per heavy atom. The highest BCUT2D eigenvalue weighted by atomic mass is 16.3. The van der Waals surface area contributed by atoms with Crippen molar-refractivity contribution in [2.24, 2.45) is 0 Å². The van der Waals surface area contributed by atoms with E-state index in [0.29, 0.717) is 12.2 Å². The van der Waals surface area contributed by atoms with E-state index >= 15 is 0 Å². The highest BCUT2D eigenvalue weighted by Crippen LogP contribution is 2.22. The average molecular weight is 202 g/mol. The molecule has 0 heterocycles. The van der Waals surface area contributed by atoms with Crippen molar-refractivity contribution in [3.8, 4) is 0 Å². The van der Waals surface area contributed by atoms with E-state index in [4.69, 9.17) is 0 Å². The van der Waals surface area contributed by atoms with Gasteiger partial charge in [-0.1, -0.05) is 43.9 Å². The molecule has 0 saturated heterocycles. The van der Waals surface area contributed by atoms with Crippen LogP contribution >= 0.6 is 0 Å². The third-order valence-corrected chi connectivity index (χ3v) is 2.51. The lowest BCUT2D eigenvalue weighted by Gasteiger charge is -2.11. The molecule has 0 aromatic carbocycles. The summed E-state index contributed by atoms with van der Waals surface area (Å²) in [6.07, 6.45) is 10.2. The third-order valence-electron chi connectivity index (χ3n) is 2.51. The number of aliphatic hydroxyl groups excluding tert-OH is 1. The molecule has 0 aromatic rings. The molecule has 0 radical (unpaired) electrons. The molecule has 0 unspecified atom stereocenters. The van der Waals surface area contributed by atoms with Crippen LogP contribution in [0.2, 0.25) is 0 Å². The lowest BCUT2D eigenvalue weighted by molar-refractivity contribution is 0.386. The Hall–Kier alpha value is -1.50. The summed E-state index contributed by atoms with van der Waals surface area (Å²) >= 11 is 0. The van der Waals surface area contributed by atoms with Crippen LogP contribution in [0.25, 0.3) is 0 Å². The van der Waals surface area contributed by atoms with Gasteiger partial charge in [0.05, 0.1) is 5.76 Å². The minimum Gasteiger partial charge on any atom is -0.512 e. The number of hydrogen-bond acceptors (Lipinski definition) is 1. The number of rotatable bonds is 4. The Bertz CT molecular complexity index is 354. The van der Waals surface area contributed by atoms with Crippen LogP contribution in [0, 0.1) is 0 Å². The predicted octanol–water partition coefficient (Wildman–Crippen LogP) is 4.23. The standard InChI is InChI=1S/C14H18O/c1-4-11(2)5-6-12(3)13-7-9-14(15)10-8-13/h5-7,9,15H,2-4,8,10H2,1H3/b6-5-. The van der Waals surface area contributed by atoms with Crippen molar-refractivity contribution in [2.45, 2.75) is 26.2 Å². The molecule has 1 nitrogen and oxygen atoms in total. The van der Waals surface area contributed by atoms with Gasteiger partial charge >= 0.3 is 0 Å². The highest BCUT2D eigenvalue weighted by Gasteiger charge is 2.05. The number of hydrogen-bond donors (Lipinski definition) is 1. The van der Waals surface area contributed by atoms with E-state index in [2.05, 4.69) is 20.1 Å². The molecular weight excluding hydrogens is 184 g/mol. The fraction of sp³-hybridized carbons (Fsp3) is 0.286. The summed E-state index contributed by atoms with van der Waals surface area (Å²) in [6, 6.07) is 0. The molecule has 15 heavy (non-hydrogen) atoms. The summed E-state index contributed by atoms with van der Waals surface area (Å²) in [5.41, 5.74) is 3.30. The highest BCUT2D eigenvalue weighted by molar-refractivity contribution is 5.43. The summed E-state index contributed by atoms with van der Waals surface area (Å²) in [6.45, 7) is 9.99. The fourth-order valence-electron chi connectivity index (χ4n) is 1.34. The van der Waals surface area contributed by atoms with Crippen molar-refractivity contribution in [1.29, 1.82) is 0 Å². The molecule has 0 atom stereocenters. The van der Waals surface area contributed by atoms with Gasteiger partial charge in [0.2, 0.25) is 0 Å². The van der Waals surface area contributed by atoms with Crippen molar-refractivity contribution in [1.82, 2.24) is 0 Å². The van der Waals surface area contributed by atoms with Crippen molar-refractivity contribution in [2.75, 3.05) is 0 Å². The zero-order valence-corrected chi connectivity index (χ0v) is 9.29. The average Bonchev–Trinajstić information content (AvgIpc) is 2.26. The molecule has 1 aliphatic carbocycles. The van der Waals surface area contributed by atoms with Gasteiger partial charge in [0.25, 0.3) is 0 Å². The van der Waals surface area contributed by atoms with Gasteiger partial charge in [0.1, 0.15) is 0 Å². The van der Waals surface area contributed by atoms with Gasteiger partial charge in [-0.05, 0) is 30.1 Å². The minimum atomic E-state index is 0.452. The molecule has 0 spiro atoms. The summed E-state index contributed by atoms with van der Waals surface area (Å²) in [5, 5.41) is 9.22. The quantitative estimate of drug-likeness (QED) is 0.676. The molecule has 1 aliphatic rings. The van der Waals surface area contributed by atoms with Gasteiger partial charge in [-0.3, -0.25) is 0 Å². The van der Waals surface area contributed by atoms with Crippen LogP contribution in [0.3, 0.4) is 0 Å². The molecule has 0 aliphatic heterocycles. The van der Waals surface area contributed by atoms with Crippen molar-refractivity contribution < 1.29 is 5.11 Å². The summed E-state index contributed by atoms with van der Waals surface area (Å²) in [7, 11) is 0. The van der Waals surface area contributed by atoms with Gasteiger partial charge in [0, 0.05) is 6.42 Å². The molecule has 0 saturated carbocycles. The van der Waals surface area contributed by atoms with E-state index in [1.165, 1.54) is 5.57 Å². The predicted molar refractivity (Wildman–Crippen MR) is 65.7 cm³/mol. The van der Waals surface area contributed by atoms with Crippen LogP contribution in [-0.2, 0) is 0 Å². The maximum atomic E-state index is 9.22. The van der Waals surface area contributed by atoms with Crippen molar-refractivity contribution in [3.63, 3.8) is 0 Å². The van der Waals surface area contributed by atoms with E-state index in [1.54, 1.807) is 6.08 Å². The van der Waals surface area contributed by atoms with Gasteiger partial charge in [-0.15, -0.1) is 0 Å². The Balaban J connectivity index is 2.63. The second kappa shape index (κ2) is 5.40. The van der Waals surface area contributed by atoms with E-state index in [-0.39, 0.29) is 0 Å². The first-order valence-corrected chi connectivity index (χ1v) is 5.27. The van der Waals surface area contributed by atoms with E-state index in [0.717, 1.165) is 24.0 Å². The van der Waals surface area contributed by atoms with Crippen LogP contribution in [0.1, 0.15) is 26.2 Å². The summed E-state index contributed by atoms with van der Waals surface area (Å²) in [4.78, 5) is 0. The van der Waals surface area contributed by atoms with Gasteiger partial charge < -0.3 is 5.11 Å². The number of allylic oxidation sites excluding steroid dienone is 8. The maximum absolute atomic E-state index is 9.22. The van der Waals surface area contributed by atoms with E-state index < -0.39 is 0 Å². The molecule has 0 amide bonds. The Kier molecular flexibility index (Phi) is 4.17. The van der Waals surface area contributed by atoms with Gasteiger partial charge in [0.15, 0.2) is 0 Å². The van der Waals surface area contributed by atoms with Crippen LogP contribution in [0.5, 0.6) is 0 Å². The first-order chi connectivity index (χ1) is 7.13. The normalized spacial score (nSPS) is 16.1. The number of aliphatic hydroxyl groups is 1. The summed E-state index contributed by atoms with van der Waals surface area (Å²) < 4.78 is 0. The Morgan fingerprint density at radius 2 is 2.07 bits per heavy atom. The largest absolute Gasteiger partial charge is 0.512 e. The fourth-order valence-corrected chi connectivity index (χ4v) is 1.34. The Morgan fingerprint density at radius 1 is 1.33 bits per heavy atom. The Labute approximate surface area is 91.8 Å². The SMILES string of the molecule is C=C(/C=C\C(=C)C1=CC=C(O)CC1)CC. The molecule has 0 fully saturated rings. The molecule has 0 aromatic heterocycles. The molecule has 80 valence electrons. The lowest BCUT2D eigenvalue weighted by Crippen LogP contribution is -1.94. The summed E-state index contributed by atoms with van der Waals surface area (Å²) in [5.74, 6) is 0.452. The second-order valence-corrected chi connectivity index (χ2v) is 3.72. The van der Waals surface area contributed by atoms with Crippen LogP contribution in [-0.4, -0.2) is 5.11 Å². The minimum absolute atomic E-state index is 0.452. The topological polar surface area (TPSA) is 20.2 Å².